The lowest BCUT2D eigenvalue weighted by molar-refractivity contribution is 0.0518. The van der Waals surface area contributed by atoms with E-state index in [2.05, 4.69) is 26.0 Å². The van der Waals surface area contributed by atoms with Gasteiger partial charge in [0.25, 0.3) is 11.8 Å². The second-order valence-corrected chi connectivity index (χ2v) is 12.9. The summed E-state index contributed by atoms with van der Waals surface area (Å²) in [6, 6.07) is 14.2. The summed E-state index contributed by atoms with van der Waals surface area (Å²) < 4.78 is 16.3. The monoisotopic (exact) mass is 610 g/mol. The highest BCUT2D eigenvalue weighted by Crippen LogP contribution is 2.47. The fourth-order valence-corrected chi connectivity index (χ4v) is 7.15. The van der Waals surface area contributed by atoms with E-state index in [-0.39, 0.29) is 29.3 Å². The van der Waals surface area contributed by atoms with Crippen LogP contribution < -0.4 is 14.2 Å². The van der Waals surface area contributed by atoms with Crippen LogP contribution in [0.25, 0.3) is 0 Å². The molecule has 234 valence electrons. The molecule has 10 heteroatoms. The number of ether oxygens (including phenoxy) is 2. The van der Waals surface area contributed by atoms with Crippen LogP contribution in [0.5, 0.6) is 11.5 Å². The van der Waals surface area contributed by atoms with Crippen LogP contribution in [0.2, 0.25) is 0 Å². The first-order chi connectivity index (χ1) is 21.7. The Labute approximate surface area is 262 Å². The molecule has 7 rings (SSSR count). The minimum absolute atomic E-state index is 0.124. The molecular weight excluding hydrogens is 572 g/mol. The van der Waals surface area contributed by atoms with Crippen LogP contribution in [-0.2, 0) is 6.42 Å². The van der Waals surface area contributed by atoms with Gasteiger partial charge in [-0.15, -0.1) is 0 Å². The van der Waals surface area contributed by atoms with Crippen molar-refractivity contribution in [3.05, 3.63) is 94.6 Å². The van der Waals surface area contributed by atoms with Crippen LogP contribution in [-0.4, -0.2) is 72.8 Å². The minimum atomic E-state index is -0.836. The third-order valence-electron chi connectivity index (χ3n) is 9.47. The number of rotatable bonds is 5. The molecule has 3 unspecified atom stereocenters. The molecule has 0 N–H and O–H groups in total. The average molecular weight is 611 g/mol. The Bertz CT molecular complexity index is 1670. The van der Waals surface area contributed by atoms with Crippen molar-refractivity contribution in [2.24, 2.45) is 16.9 Å². The van der Waals surface area contributed by atoms with Crippen molar-refractivity contribution < 1.29 is 23.5 Å². The first-order valence-corrected chi connectivity index (χ1v) is 15.6. The van der Waals surface area contributed by atoms with Crippen molar-refractivity contribution in [1.82, 2.24) is 14.6 Å². The quantitative estimate of drug-likeness (QED) is 0.217. The maximum Gasteiger partial charge on any atom is 0.289 e. The normalized spacial score (nSPS) is 25.2. The Kier molecular flexibility index (Phi) is 7.29. The van der Waals surface area contributed by atoms with Gasteiger partial charge in [0.05, 0.1) is 13.4 Å². The number of piperazine rings is 1. The van der Waals surface area contributed by atoms with Crippen molar-refractivity contribution >= 4 is 23.2 Å². The van der Waals surface area contributed by atoms with Gasteiger partial charge in [-0.2, -0.15) is 4.76 Å². The number of allylic oxidation sites excluding steroid dienone is 2. The molecule has 4 heterocycles. The van der Waals surface area contributed by atoms with E-state index in [0.29, 0.717) is 61.9 Å². The number of fused-ring (bicyclic) bond motifs is 2. The van der Waals surface area contributed by atoms with Gasteiger partial charge in [-0.25, -0.2) is 0 Å². The van der Waals surface area contributed by atoms with Crippen LogP contribution in [0, 0.1) is 17.0 Å². The van der Waals surface area contributed by atoms with E-state index in [9.17, 15) is 14.8 Å². The second-order valence-electron chi connectivity index (χ2n) is 12.9. The molecule has 0 spiro atoms. The van der Waals surface area contributed by atoms with E-state index < -0.39 is 4.76 Å². The molecule has 3 aromatic rings. The molecule has 2 aromatic carbocycles. The van der Waals surface area contributed by atoms with Gasteiger partial charge in [0, 0.05) is 73.3 Å². The molecule has 4 aliphatic rings. The van der Waals surface area contributed by atoms with Gasteiger partial charge in [0.1, 0.15) is 17.9 Å². The van der Waals surface area contributed by atoms with Crippen LogP contribution >= 0.6 is 0 Å². The van der Waals surface area contributed by atoms with E-state index in [4.69, 9.17) is 19.0 Å². The maximum atomic E-state index is 14.6. The molecule has 10 nitrogen and oxygen atoms in total. The second kappa shape index (κ2) is 11.2. The predicted molar refractivity (Wildman–Crippen MR) is 170 cm³/mol. The summed E-state index contributed by atoms with van der Waals surface area (Å²) >= 11 is 0. The number of nitrogens with zero attached hydrogens (tertiary/aromatic N) is 4. The number of benzene rings is 2. The summed E-state index contributed by atoms with van der Waals surface area (Å²) in [6.45, 7) is 6.14. The van der Waals surface area contributed by atoms with Crippen molar-refractivity contribution in [3.8, 4) is 11.5 Å². The van der Waals surface area contributed by atoms with Crippen LogP contribution in [0.4, 0.5) is 5.69 Å². The predicted octanol–water partition coefficient (Wildman–Crippen LogP) is 5.41. The summed E-state index contributed by atoms with van der Waals surface area (Å²) in [7, 11) is 1.64. The van der Waals surface area contributed by atoms with Crippen molar-refractivity contribution in [2.75, 3.05) is 39.8 Å². The number of carbonyl (C=O) groups is 2. The third-order valence-corrected chi connectivity index (χ3v) is 9.47. The van der Waals surface area contributed by atoms with Crippen molar-refractivity contribution in [1.29, 1.82) is 0 Å². The zero-order valence-corrected chi connectivity index (χ0v) is 25.9. The summed E-state index contributed by atoms with van der Waals surface area (Å²) in [4.78, 5) is 29.4. The molecule has 2 amide bonds. The van der Waals surface area contributed by atoms with E-state index in [0.717, 1.165) is 35.4 Å². The molecule has 3 aliphatic heterocycles. The largest absolute Gasteiger partial charge is 0.599 e. The van der Waals surface area contributed by atoms with Gasteiger partial charge in [-0.3, -0.25) is 9.59 Å². The molecule has 0 bridgehead atoms. The lowest BCUT2D eigenvalue weighted by Gasteiger charge is -2.45. The summed E-state index contributed by atoms with van der Waals surface area (Å²) in [5, 5.41) is 19.6. The molecule has 1 aliphatic carbocycles. The first kappa shape index (κ1) is 29.3. The summed E-state index contributed by atoms with van der Waals surface area (Å²) in [6.07, 6.45) is 8.19. The van der Waals surface area contributed by atoms with Crippen LogP contribution in [0.1, 0.15) is 58.7 Å². The average Bonchev–Trinajstić information content (AvgIpc) is 3.71. The van der Waals surface area contributed by atoms with Gasteiger partial charge in [0.15, 0.2) is 22.9 Å². The number of hydrogen-bond donors (Lipinski definition) is 0. The van der Waals surface area contributed by atoms with Crippen molar-refractivity contribution in [2.45, 2.75) is 38.7 Å². The Hall–Kier alpha value is -4.41. The topological polar surface area (TPSA) is 108 Å². The third kappa shape index (κ3) is 5.32. The van der Waals surface area contributed by atoms with Crippen molar-refractivity contribution in [3.63, 3.8) is 0 Å². The lowest BCUT2D eigenvalue weighted by atomic mass is 9.75. The number of methoxy groups -OCH3 is 1. The highest BCUT2D eigenvalue weighted by atomic mass is 16.6. The smallest absolute Gasteiger partial charge is 0.289 e. The molecule has 1 fully saturated rings. The lowest BCUT2D eigenvalue weighted by Crippen LogP contribution is -2.51. The first-order valence-electron chi connectivity index (χ1n) is 15.6. The minimum Gasteiger partial charge on any atom is -0.599 e. The molecule has 1 aromatic heterocycles. The number of hydroxylamine groups is 1. The molecule has 45 heavy (non-hydrogen) atoms. The molecular formula is C35H38N4O6. The number of hydrogen-bond acceptors (Lipinski definition) is 7. The van der Waals surface area contributed by atoms with E-state index >= 15 is 0 Å². The van der Waals surface area contributed by atoms with Crippen LogP contribution in [0.15, 0.2) is 76.5 Å². The molecule has 1 saturated heterocycles. The molecule has 0 saturated carbocycles. The zero-order valence-electron chi connectivity index (χ0n) is 25.9. The molecule has 3 atom stereocenters. The maximum absolute atomic E-state index is 14.6. The Balaban J connectivity index is 1.14. The van der Waals surface area contributed by atoms with E-state index in [1.54, 1.807) is 53.3 Å². The molecule has 0 radical (unpaired) electrons. The van der Waals surface area contributed by atoms with Gasteiger partial charge < -0.3 is 28.9 Å². The van der Waals surface area contributed by atoms with Gasteiger partial charge >= 0.3 is 0 Å². The fraction of sp³-hybridized carbons (Fsp3) is 0.400. The summed E-state index contributed by atoms with van der Waals surface area (Å²) in [5.74, 6) is 1.69. The fourth-order valence-electron chi connectivity index (χ4n) is 7.15. The van der Waals surface area contributed by atoms with Crippen LogP contribution in [0.3, 0.4) is 0 Å². The van der Waals surface area contributed by atoms with Gasteiger partial charge in [0.2, 0.25) is 0 Å². The Morgan fingerprint density at radius 3 is 2.38 bits per heavy atom. The SMILES string of the molecule is COc1ccc(C2=N[N+]([O-])(c3ccc(C(=O)N4CCN(C(=O)c5ccco5)CC4)cc3)CC3CC=CCC23)c2c1OC(C)(C)C2. The van der Waals surface area contributed by atoms with Gasteiger partial charge in [-0.05, 0) is 63.1 Å². The highest BCUT2D eigenvalue weighted by molar-refractivity contribution is 6.05. The highest BCUT2D eigenvalue weighted by Gasteiger charge is 2.44. The number of furan rings is 1. The van der Waals surface area contributed by atoms with Gasteiger partial charge in [-0.1, -0.05) is 17.3 Å². The number of quaternary nitrogens is 1. The van der Waals surface area contributed by atoms with E-state index in [1.165, 1.54) is 6.26 Å². The summed E-state index contributed by atoms with van der Waals surface area (Å²) in [5.41, 5.74) is 3.41. The zero-order chi connectivity index (χ0) is 31.3. The Morgan fingerprint density at radius 2 is 1.69 bits per heavy atom. The number of amides is 2. The van der Waals surface area contributed by atoms with E-state index in [1.807, 2.05) is 12.1 Å². The number of carbonyl (C=O) groups excluding carboxylic acids is 2. The standard InChI is InChI=1S/C35H38N4O6/c1-35(2)21-28-27(14-15-29(43-3)32(28)45-35)31-26-8-5-4-7-24(26)22-39(42,36-31)25-12-10-23(11-13-25)33(40)37-16-18-38(19-17-37)34(41)30-9-6-20-44-30/h4-6,9-15,20,24,26H,7-8,16-19,21-22H2,1-3H3. The Morgan fingerprint density at radius 1 is 0.978 bits per heavy atom.